The number of hydrogen-bond acceptors (Lipinski definition) is 3. The Bertz CT molecular complexity index is 787. The summed E-state index contributed by atoms with van der Waals surface area (Å²) in [5, 5.41) is 0. The van der Waals surface area contributed by atoms with Crippen molar-refractivity contribution in [3.05, 3.63) is 71.3 Å². The third kappa shape index (κ3) is 4.13. The van der Waals surface area contributed by atoms with E-state index in [-0.39, 0.29) is 11.3 Å². The molecule has 1 amide bonds. The summed E-state index contributed by atoms with van der Waals surface area (Å²) in [7, 11) is 1.34. The van der Waals surface area contributed by atoms with Gasteiger partial charge in [-0.15, -0.1) is 0 Å². The third-order valence-electron chi connectivity index (χ3n) is 5.24. The van der Waals surface area contributed by atoms with Gasteiger partial charge in [0, 0.05) is 18.7 Å². The van der Waals surface area contributed by atoms with Crippen molar-refractivity contribution in [2.45, 2.75) is 26.2 Å². The second-order valence-corrected chi connectivity index (χ2v) is 7.35. The maximum Gasteiger partial charge on any atom is 0.337 e. The first kappa shape index (κ1) is 18.2. The van der Waals surface area contributed by atoms with Gasteiger partial charge in [-0.2, -0.15) is 0 Å². The smallest absolute Gasteiger partial charge is 0.337 e. The molecule has 4 nitrogen and oxygen atoms in total. The van der Waals surface area contributed by atoms with Crippen LogP contribution in [0.25, 0.3) is 0 Å². The summed E-state index contributed by atoms with van der Waals surface area (Å²) in [6.07, 6.45) is 3.09. The minimum atomic E-state index is -0.422. The highest BCUT2D eigenvalue weighted by atomic mass is 16.5. The molecule has 1 aliphatic rings. The molecule has 1 heterocycles. The molecule has 0 unspecified atom stereocenters. The molecule has 0 N–H and O–H groups in total. The largest absolute Gasteiger partial charge is 0.465 e. The molecule has 1 aliphatic heterocycles. The molecular weight excluding hydrogens is 326 g/mol. The van der Waals surface area contributed by atoms with E-state index in [2.05, 4.69) is 31.2 Å². The number of carbonyl (C=O) groups excluding carboxylic acids is 2. The van der Waals surface area contributed by atoms with Crippen molar-refractivity contribution in [3.8, 4) is 0 Å². The van der Waals surface area contributed by atoms with Gasteiger partial charge in [0.05, 0.1) is 12.7 Å². The maximum absolute atomic E-state index is 12.8. The molecular formula is C22H25NO3. The number of aryl methyl sites for hydroxylation is 1. The zero-order valence-corrected chi connectivity index (χ0v) is 15.4. The van der Waals surface area contributed by atoms with Gasteiger partial charge in [-0.3, -0.25) is 4.79 Å². The van der Waals surface area contributed by atoms with E-state index in [1.165, 1.54) is 12.7 Å². The number of methoxy groups -OCH3 is 1. The molecule has 0 saturated carbocycles. The van der Waals surface area contributed by atoms with Crippen molar-refractivity contribution in [2.24, 2.45) is 5.41 Å². The van der Waals surface area contributed by atoms with Crippen LogP contribution in [0.3, 0.4) is 0 Å². The van der Waals surface area contributed by atoms with E-state index >= 15 is 0 Å². The van der Waals surface area contributed by atoms with Crippen LogP contribution in [0.2, 0.25) is 0 Å². The number of hydrogen-bond donors (Lipinski definition) is 0. The summed E-state index contributed by atoms with van der Waals surface area (Å²) in [6, 6.07) is 17.2. The fourth-order valence-electron chi connectivity index (χ4n) is 3.57. The summed E-state index contributed by atoms with van der Waals surface area (Å²) >= 11 is 0. The molecule has 3 rings (SSSR count). The van der Waals surface area contributed by atoms with Crippen molar-refractivity contribution >= 4 is 11.9 Å². The minimum absolute atomic E-state index is 0.0146. The number of rotatable bonds is 5. The summed E-state index contributed by atoms with van der Waals surface area (Å²) in [5.41, 5.74) is 2.42. The average Bonchev–Trinajstić information content (AvgIpc) is 3.08. The first-order valence-electron chi connectivity index (χ1n) is 9.02. The van der Waals surface area contributed by atoms with Gasteiger partial charge in [-0.25, -0.2) is 4.79 Å². The number of amides is 1. The molecule has 136 valence electrons. The van der Waals surface area contributed by atoms with E-state index in [4.69, 9.17) is 4.74 Å². The van der Waals surface area contributed by atoms with Crippen LogP contribution in [-0.4, -0.2) is 37.0 Å². The number of nitrogens with zero attached hydrogens (tertiary/aromatic N) is 1. The predicted octanol–water partition coefficient (Wildman–Crippen LogP) is 3.96. The summed E-state index contributed by atoms with van der Waals surface area (Å²) < 4.78 is 4.74. The number of likely N-dealkylation sites (tertiary alicyclic amines) is 1. The third-order valence-corrected chi connectivity index (χ3v) is 5.24. The Labute approximate surface area is 154 Å². The predicted molar refractivity (Wildman–Crippen MR) is 101 cm³/mol. The van der Waals surface area contributed by atoms with E-state index in [1.54, 1.807) is 24.3 Å². The highest BCUT2D eigenvalue weighted by Gasteiger charge is 2.36. The highest BCUT2D eigenvalue weighted by Crippen LogP contribution is 2.35. The van der Waals surface area contributed by atoms with Crippen LogP contribution in [0.15, 0.2) is 54.6 Å². The van der Waals surface area contributed by atoms with Crippen molar-refractivity contribution in [1.82, 2.24) is 4.90 Å². The molecule has 0 aliphatic carbocycles. The molecule has 2 aromatic carbocycles. The average molecular weight is 351 g/mol. The Kier molecular flexibility index (Phi) is 5.40. The lowest BCUT2D eigenvalue weighted by Crippen LogP contribution is -2.31. The van der Waals surface area contributed by atoms with E-state index in [0.29, 0.717) is 11.1 Å². The molecule has 2 aromatic rings. The van der Waals surface area contributed by atoms with E-state index in [0.717, 1.165) is 32.4 Å². The van der Waals surface area contributed by atoms with Crippen LogP contribution in [0.1, 0.15) is 46.0 Å². The van der Waals surface area contributed by atoms with Crippen molar-refractivity contribution in [2.75, 3.05) is 20.2 Å². The SMILES string of the molecule is COC(=O)c1cccc(C(=O)N2CC[C@@](C)(CCc3ccccc3)C2)c1. The lowest BCUT2D eigenvalue weighted by molar-refractivity contribution is 0.0600. The Balaban J connectivity index is 1.64. The zero-order valence-electron chi connectivity index (χ0n) is 15.4. The Morgan fingerprint density at radius 3 is 2.54 bits per heavy atom. The molecule has 0 bridgehead atoms. The van der Waals surface area contributed by atoms with Crippen LogP contribution in [0.5, 0.6) is 0 Å². The van der Waals surface area contributed by atoms with Crippen LogP contribution in [0, 0.1) is 5.41 Å². The van der Waals surface area contributed by atoms with E-state index in [9.17, 15) is 9.59 Å². The Morgan fingerprint density at radius 1 is 1.08 bits per heavy atom. The minimum Gasteiger partial charge on any atom is -0.465 e. The highest BCUT2D eigenvalue weighted by molar-refractivity contribution is 5.98. The number of benzene rings is 2. The number of esters is 1. The van der Waals surface area contributed by atoms with Crippen molar-refractivity contribution < 1.29 is 14.3 Å². The van der Waals surface area contributed by atoms with Gasteiger partial charge in [-0.05, 0) is 48.4 Å². The quantitative estimate of drug-likeness (QED) is 0.766. The van der Waals surface area contributed by atoms with Crippen LogP contribution < -0.4 is 0 Å². The number of ether oxygens (including phenoxy) is 1. The van der Waals surface area contributed by atoms with Gasteiger partial charge in [0.1, 0.15) is 0 Å². The van der Waals surface area contributed by atoms with Crippen molar-refractivity contribution in [1.29, 1.82) is 0 Å². The van der Waals surface area contributed by atoms with Gasteiger partial charge in [0.15, 0.2) is 0 Å². The van der Waals surface area contributed by atoms with Gasteiger partial charge in [0.2, 0.25) is 0 Å². The molecule has 0 radical (unpaired) electrons. The Morgan fingerprint density at radius 2 is 1.81 bits per heavy atom. The summed E-state index contributed by atoms with van der Waals surface area (Å²) in [4.78, 5) is 26.4. The maximum atomic E-state index is 12.8. The molecule has 4 heteroatoms. The molecule has 1 saturated heterocycles. The summed E-state index contributed by atoms with van der Waals surface area (Å²) in [6.45, 7) is 3.77. The molecule has 0 spiro atoms. The fourth-order valence-corrected chi connectivity index (χ4v) is 3.57. The normalized spacial score (nSPS) is 19.4. The van der Waals surface area contributed by atoms with Crippen LogP contribution in [0.4, 0.5) is 0 Å². The van der Waals surface area contributed by atoms with Crippen LogP contribution in [-0.2, 0) is 11.2 Å². The monoisotopic (exact) mass is 351 g/mol. The molecule has 1 fully saturated rings. The van der Waals surface area contributed by atoms with Gasteiger partial charge in [-0.1, -0.05) is 43.3 Å². The first-order chi connectivity index (χ1) is 12.5. The molecule has 26 heavy (non-hydrogen) atoms. The molecule has 0 aromatic heterocycles. The second kappa shape index (κ2) is 7.73. The second-order valence-electron chi connectivity index (χ2n) is 7.35. The topological polar surface area (TPSA) is 46.6 Å². The zero-order chi connectivity index (χ0) is 18.6. The number of carbonyl (C=O) groups is 2. The lowest BCUT2D eigenvalue weighted by atomic mass is 9.83. The van der Waals surface area contributed by atoms with Crippen molar-refractivity contribution in [3.63, 3.8) is 0 Å². The molecule has 1 atom stereocenters. The Hall–Kier alpha value is -2.62. The first-order valence-corrected chi connectivity index (χ1v) is 9.02. The van der Waals surface area contributed by atoms with E-state index < -0.39 is 5.97 Å². The van der Waals surface area contributed by atoms with Gasteiger partial charge in [0.25, 0.3) is 5.91 Å². The van der Waals surface area contributed by atoms with Crippen LogP contribution >= 0.6 is 0 Å². The summed E-state index contributed by atoms with van der Waals surface area (Å²) in [5.74, 6) is -0.437. The van der Waals surface area contributed by atoms with Gasteiger partial charge < -0.3 is 9.64 Å². The standard InChI is InChI=1S/C22H25NO3/c1-22(12-11-17-7-4-3-5-8-17)13-14-23(16-22)20(24)18-9-6-10-19(15-18)21(25)26-2/h3-10,15H,11-14,16H2,1-2H3/t22-/m1/s1. The van der Waals surface area contributed by atoms with Gasteiger partial charge >= 0.3 is 5.97 Å². The van der Waals surface area contributed by atoms with E-state index in [1.807, 2.05) is 11.0 Å². The fraction of sp³-hybridized carbons (Fsp3) is 0.364. The lowest BCUT2D eigenvalue weighted by Gasteiger charge is -2.25.